The summed E-state index contributed by atoms with van der Waals surface area (Å²) in [6.07, 6.45) is 0. The predicted octanol–water partition coefficient (Wildman–Crippen LogP) is 2.40. The van der Waals surface area contributed by atoms with Crippen LogP contribution in [-0.4, -0.2) is 35.9 Å². The number of carboxylic acids is 1. The van der Waals surface area contributed by atoms with Crippen LogP contribution >= 0.6 is 11.8 Å². The molecule has 0 fully saturated rings. The summed E-state index contributed by atoms with van der Waals surface area (Å²) in [6.45, 7) is 5.81. The Hall–Kier alpha value is -1.69. The van der Waals surface area contributed by atoms with Crippen molar-refractivity contribution in [3.8, 4) is 5.75 Å². The molecule has 21 heavy (non-hydrogen) atoms. The maximum Gasteiger partial charge on any atom is 0.310 e. The van der Waals surface area contributed by atoms with Crippen molar-refractivity contribution in [3.05, 3.63) is 24.3 Å². The zero-order valence-electron chi connectivity index (χ0n) is 12.5. The number of hydrogen-bond donors (Lipinski definition) is 2. The van der Waals surface area contributed by atoms with Gasteiger partial charge in [0.25, 0.3) is 0 Å². The molecule has 5 nitrogen and oxygen atoms in total. The van der Waals surface area contributed by atoms with Gasteiger partial charge in [0, 0.05) is 11.4 Å². The lowest BCUT2D eigenvalue weighted by Gasteiger charge is -2.19. The van der Waals surface area contributed by atoms with Gasteiger partial charge in [0.05, 0.1) is 17.8 Å². The van der Waals surface area contributed by atoms with Crippen LogP contribution in [0.15, 0.2) is 29.2 Å². The highest BCUT2D eigenvalue weighted by molar-refractivity contribution is 8.00. The highest BCUT2D eigenvalue weighted by Gasteiger charge is 2.27. The van der Waals surface area contributed by atoms with Crippen molar-refractivity contribution in [2.45, 2.75) is 25.7 Å². The van der Waals surface area contributed by atoms with Gasteiger partial charge in [-0.15, -0.1) is 11.8 Å². The summed E-state index contributed by atoms with van der Waals surface area (Å²) in [5.74, 6) is -0.0522. The van der Waals surface area contributed by atoms with E-state index in [1.165, 1.54) is 11.8 Å². The third-order valence-corrected chi connectivity index (χ3v) is 3.82. The molecule has 0 aromatic heterocycles. The first-order valence-corrected chi connectivity index (χ1v) is 7.69. The minimum atomic E-state index is -0.959. The summed E-state index contributed by atoms with van der Waals surface area (Å²) in [7, 11) is 0. The smallest absolute Gasteiger partial charge is 0.310 e. The van der Waals surface area contributed by atoms with Crippen molar-refractivity contribution in [1.82, 2.24) is 5.32 Å². The third kappa shape index (κ3) is 6.08. The molecular formula is C15H21NO4S. The number of thioether (sulfide) groups is 1. The largest absolute Gasteiger partial charge is 0.494 e. The van der Waals surface area contributed by atoms with Crippen LogP contribution in [-0.2, 0) is 9.59 Å². The zero-order chi connectivity index (χ0) is 15.9. The van der Waals surface area contributed by atoms with Crippen LogP contribution in [0.25, 0.3) is 0 Å². The van der Waals surface area contributed by atoms with Gasteiger partial charge in [-0.2, -0.15) is 0 Å². The number of carbonyl (C=O) groups is 2. The number of carbonyl (C=O) groups excluding carboxylic acids is 1. The topological polar surface area (TPSA) is 75.6 Å². The Kier molecular flexibility index (Phi) is 6.55. The van der Waals surface area contributed by atoms with Gasteiger partial charge in [-0.1, -0.05) is 0 Å². The molecule has 1 aromatic carbocycles. The number of ether oxygens (including phenoxy) is 1. The Morgan fingerprint density at radius 2 is 1.90 bits per heavy atom. The maximum atomic E-state index is 11.7. The Bertz CT molecular complexity index is 485. The molecular weight excluding hydrogens is 290 g/mol. The molecule has 116 valence electrons. The van der Waals surface area contributed by atoms with Gasteiger partial charge in [-0.05, 0) is 45.0 Å². The van der Waals surface area contributed by atoms with Crippen molar-refractivity contribution < 1.29 is 19.4 Å². The SMILES string of the molecule is CCOc1ccc(SCC(=O)NCC(C)(C)C(=O)O)cc1. The number of amides is 1. The van der Waals surface area contributed by atoms with Gasteiger partial charge in [0.2, 0.25) is 5.91 Å². The average Bonchev–Trinajstić information content (AvgIpc) is 2.44. The fraction of sp³-hybridized carbons (Fsp3) is 0.467. The van der Waals surface area contributed by atoms with Crippen LogP contribution in [0, 0.1) is 5.41 Å². The summed E-state index contributed by atoms with van der Waals surface area (Å²) in [4.78, 5) is 23.6. The van der Waals surface area contributed by atoms with Gasteiger partial charge in [0.15, 0.2) is 0 Å². The number of hydrogen-bond acceptors (Lipinski definition) is 4. The molecule has 0 unspecified atom stereocenters. The maximum absolute atomic E-state index is 11.7. The third-order valence-electron chi connectivity index (χ3n) is 2.81. The van der Waals surface area contributed by atoms with Crippen LogP contribution in [0.1, 0.15) is 20.8 Å². The molecule has 0 radical (unpaired) electrons. The minimum absolute atomic E-state index is 0.116. The van der Waals surface area contributed by atoms with Crippen LogP contribution < -0.4 is 10.1 Å². The van der Waals surface area contributed by atoms with E-state index in [1.807, 2.05) is 31.2 Å². The Morgan fingerprint density at radius 1 is 1.29 bits per heavy atom. The first kappa shape index (κ1) is 17.4. The number of aliphatic carboxylic acids is 1. The Labute approximate surface area is 129 Å². The molecule has 0 spiro atoms. The second-order valence-corrected chi connectivity index (χ2v) is 6.21. The molecule has 1 aromatic rings. The summed E-state index contributed by atoms with van der Waals surface area (Å²) < 4.78 is 5.34. The van der Waals surface area contributed by atoms with E-state index < -0.39 is 11.4 Å². The van der Waals surface area contributed by atoms with Crippen molar-refractivity contribution in [1.29, 1.82) is 0 Å². The molecule has 0 aliphatic heterocycles. The minimum Gasteiger partial charge on any atom is -0.494 e. The first-order chi connectivity index (χ1) is 9.85. The molecule has 0 bridgehead atoms. The highest BCUT2D eigenvalue weighted by atomic mass is 32.2. The summed E-state index contributed by atoms with van der Waals surface area (Å²) >= 11 is 1.40. The number of benzene rings is 1. The molecule has 0 heterocycles. The normalized spacial score (nSPS) is 11.0. The van der Waals surface area contributed by atoms with Crippen LogP contribution in [0.4, 0.5) is 0 Å². The second kappa shape index (κ2) is 7.93. The average molecular weight is 311 g/mol. The van der Waals surface area contributed by atoms with Crippen molar-refractivity contribution in [2.24, 2.45) is 5.41 Å². The monoisotopic (exact) mass is 311 g/mol. The molecule has 1 amide bonds. The Balaban J connectivity index is 2.37. The van der Waals surface area contributed by atoms with Gasteiger partial charge < -0.3 is 15.2 Å². The standard InChI is InChI=1S/C15H21NO4S/c1-4-20-11-5-7-12(8-6-11)21-9-13(17)16-10-15(2,3)14(18)19/h5-8H,4,9-10H2,1-3H3,(H,16,17)(H,18,19). The fourth-order valence-corrected chi connectivity index (χ4v) is 2.12. The van der Waals surface area contributed by atoms with E-state index in [2.05, 4.69) is 5.32 Å². The van der Waals surface area contributed by atoms with E-state index in [9.17, 15) is 9.59 Å². The van der Waals surface area contributed by atoms with Crippen LogP contribution in [0.5, 0.6) is 5.75 Å². The van der Waals surface area contributed by atoms with E-state index >= 15 is 0 Å². The Morgan fingerprint density at radius 3 is 2.43 bits per heavy atom. The lowest BCUT2D eigenvalue weighted by molar-refractivity contribution is -0.146. The summed E-state index contributed by atoms with van der Waals surface area (Å²) in [5, 5.41) is 11.6. The number of rotatable bonds is 8. The van der Waals surface area contributed by atoms with Crippen LogP contribution in [0.3, 0.4) is 0 Å². The molecule has 0 saturated heterocycles. The molecule has 0 aliphatic carbocycles. The van der Waals surface area contributed by atoms with E-state index in [-0.39, 0.29) is 18.2 Å². The lowest BCUT2D eigenvalue weighted by Crippen LogP contribution is -2.39. The summed E-state index contributed by atoms with van der Waals surface area (Å²) in [5.41, 5.74) is -0.959. The molecule has 0 saturated carbocycles. The first-order valence-electron chi connectivity index (χ1n) is 6.71. The quantitative estimate of drug-likeness (QED) is 0.721. The molecule has 0 atom stereocenters. The van der Waals surface area contributed by atoms with Gasteiger partial charge in [-0.3, -0.25) is 9.59 Å². The molecule has 0 aliphatic rings. The van der Waals surface area contributed by atoms with Gasteiger partial charge in [-0.25, -0.2) is 0 Å². The van der Waals surface area contributed by atoms with E-state index in [0.29, 0.717) is 6.61 Å². The van der Waals surface area contributed by atoms with E-state index in [0.717, 1.165) is 10.6 Å². The number of nitrogens with one attached hydrogen (secondary N) is 1. The molecule has 1 rings (SSSR count). The van der Waals surface area contributed by atoms with Crippen molar-refractivity contribution in [3.63, 3.8) is 0 Å². The van der Waals surface area contributed by atoms with Gasteiger partial charge in [0.1, 0.15) is 5.75 Å². The summed E-state index contributed by atoms with van der Waals surface area (Å²) in [6, 6.07) is 7.50. The fourth-order valence-electron chi connectivity index (χ4n) is 1.39. The highest BCUT2D eigenvalue weighted by Crippen LogP contribution is 2.21. The van der Waals surface area contributed by atoms with Crippen molar-refractivity contribution >= 4 is 23.6 Å². The second-order valence-electron chi connectivity index (χ2n) is 5.16. The van der Waals surface area contributed by atoms with Gasteiger partial charge >= 0.3 is 5.97 Å². The van der Waals surface area contributed by atoms with Crippen LogP contribution in [0.2, 0.25) is 0 Å². The van der Waals surface area contributed by atoms with Crippen molar-refractivity contribution in [2.75, 3.05) is 18.9 Å². The van der Waals surface area contributed by atoms with E-state index in [4.69, 9.17) is 9.84 Å². The molecule has 6 heteroatoms. The number of carboxylic acid groups (broad SMARTS) is 1. The van der Waals surface area contributed by atoms with E-state index in [1.54, 1.807) is 13.8 Å². The predicted molar refractivity (Wildman–Crippen MR) is 82.8 cm³/mol. The zero-order valence-corrected chi connectivity index (χ0v) is 13.3. The lowest BCUT2D eigenvalue weighted by atomic mass is 9.94. The molecule has 2 N–H and O–H groups in total.